The molecule has 1 atom stereocenters. The van der Waals surface area contributed by atoms with Crippen LogP contribution in [-0.4, -0.2) is 57.6 Å². The summed E-state index contributed by atoms with van der Waals surface area (Å²) in [6.45, 7) is 10.2. The highest BCUT2D eigenvalue weighted by atomic mass is 16.7. The van der Waals surface area contributed by atoms with E-state index >= 15 is 0 Å². The number of nitrogens with one attached hydrogen (secondary N) is 1. The van der Waals surface area contributed by atoms with Gasteiger partial charge in [-0.15, -0.1) is 0 Å². The molecule has 0 radical (unpaired) electrons. The van der Waals surface area contributed by atoms with Crippen LogP contribution in [0.25, 0.3) is 0 Å². The molecule has 18 heavy (non-hydrogen) atoms. The van der Waals surface area contributed by atoms with Crippen molar-refractivity contribution in [2.75, 3.05) is 46.4 Å². The number of rotatable bonds is 9. The first-order valence-corrected chi connectivity index (χ1v) is 7.40. The van der Waals surface area contributed by atoms with Crippen LogP contribution in [0.3, 0.4) is 0 Å². The zero-order valence-corrected chi connectivity index (χ0v) is 12.3. The van der Waals surface area contributed by atoms with E-state index in [1.165, 1.54) is 25.9 Å². The minimum Gasteiger partial charge on any atom is -0.353 e. The van der Waals surface area contributed by atoms with Crippen LogP contribution in [0.1, 0.15) is 33.1 Å². The van der Waals surface area contributed by atoms with Crippen molar-refractivity contribution in [1.82, 2.24) is 10.2 Å². The first kappa shape index (κ1) is 15.9. The SMILES string of the molecule is CCOC(CCN1CCCC(CNC)C1)OCC. The lowest BCUT2D eigenvalue weighted by Gasteiger charge is -2.33. The van der Waals surface area contributed by atoms with Gasteiger partial charge >= 0.3 is 0 Å². The van der Waals surface area contributed by atoms with Crippen molar-refractivity contribution in [2.45, 2.75) is 39.4 Å². The lowest BCUT2D eigenvalue weighted by molar-refractivity contribution is -0.142. The molecule has 0 spiro atoms. The molecule has 108 valence electrons. The van der Waals surface area contributed by atoms with Crippen LogP contribution in [0.15, 0.2) is 0 Å². The van der Waals surface area contributed by atoms with Crippen molar-refractivity contribution < 1.29 is 9.47 Å². The average Bonchev–Trinajstić information content (AvgIpc) is 2.37. The van der Waals surface area contributed by atoms with Gasteiger partial charge in [-0.3, -0.25) is 0 Å². The van der Waals surface area contributed by atoms with Gasteiger partial charge in [-0.25, -0.2) is 0 Å². The van der Waals surface area contributed by atoms with Gasteiger partial charge in [-0.2, -0.15) is 0 Å². The molecular formula is C14H30N2O2. The first-order valence-electron chi connectivity index (χ1n) is 7.40. The summed E-state index contributed by atoms with van der Waals surface area (Å²) >= 11 is 0. The molecule has 4 nitrogen and oxygen atoms in total. The highest BCUT2D eigenvalue weighted by Gasteiger charge is 2.20. The minimum absolute atomic E-state index is 0.0234. The summed E-state index contributed by atoms with van der Waals surface area (Å²) in [4.78, 5) is 2.55. The second kappa shape index (κ2) is 9.73. The Morgan fingerprint density at radius 2 is 2.00 bits per heavy atom. The summed E-state index contributed by atoms with van der Waals surface area (Å²) in [6, 6.07) is 0. The number of piperidine rings is 1. The standard InChI is InChI=1S/C14H30N2O2/c1-4-17-14(18-5-2)8-10-16-9-6-7-13(12-16)11-15-3/h13-15H,4-12H2,1-3H3. The molecule has 0 aromatic carbocycles. The van der Waals surface area contributed by atoms with E-state index in [2.05, 4.69) is 10.2 Å². The molecule has 0 bridgehead atoms. The van der Waals surface area contributed by atoms with Crippen LogP contribution in [-0.2, 0) is 9.47 Å². The maximum atomic E-state index is 5.59. The molecule has 0 aromatic heterocycles. The smallest absolute Gasteiger partial charge is 0.158 e. The Balaban J connectivity index is 2.23. The lowest BCUT2D eigenvalue weighted by atomic mass is 9.98. The molecule has 1 fully saturated rings. The summed E-state index contributed by atoms with van der Waals surface area (Å²) in [6.07, 6.45) is 3.64. The summed E-state index contributed by atoms with van der Waals surface area (Å²) < 4.78 is 11.2. The molecule has 0 aromatic rings. The van der Waals surface area contributed by atoms with Gasteiger partial charge in [0.05, 0.1) is 0 Å². The zero-order chi connectivity index (χ0) is 13.2. The molecule has 1 N–H and O–H groups in total. The predicted octanol–water partition coefficient (Wildman–Crippen LogP) is 1.71. The van der Waals surface area contributed by atoms with Gasteiger partial charge in [0.25, 0.3) is 0 Å². The Labute approximate surface area is 112 Å². The largest absolute Gasteiger partial charge is 0.353 e. The van der Waals surface area contributed by atoms with Crippen molar-refractivity contribution >= 4 is 0 Å². The Kier molecular flexibility index (Phi) is 8.59. The predicted molar refractivity (Wildman–Crippen MR) is 74.7 cm³/mol. The van der Waals surface area contributed by atoms with Gasteiger partial charge < -0.3 is 19.7 Å². The van der Waals surface area contributed by atoms with Gasteiger partial charge in [-0.1, -0.05) is 0 Å². The Bertz CT molecular complexity index is 194. The van der Waals surface area contributed by atoms with Gasteiger partial charge in [0, 0.05) is 32.7 Å². The molecule has 1 saturated heterocycles. The van der Waals surface area contributed by atoms with Gasteiger partial charge in [-0.05, 0) is 52.7 Å². The quantitative estimate of drug-likeness (QED) is 0.638. The third-order valence-electron chi connectivity index (χ3n) is 3.48. The van der Waals surface area contributed by atoms with Crippen molar-refractivity contribution in [1.29, 1.82) is 0 Å². The Morgan fingerprint density at radius 1 is 1.28 bits per heavy atom. The number of ether oxygens (including phenoxy) is 2. The molecule has 1 aliphatic rings. The van der Waals surface area contributed by atoms with E-state index in [0.29, 0.717) is 0 Å². The Morgan fingerprint density at radius 3 is 2.61 bits per heavy atom. The van der Waals surface area contributed by atoms with Crippen LogP contribution < -0.4 is 5.32 Å². The van der Waals surface area contributed by atoms with Crippen LogP contribution in [0.4, 0.5) is 0 Å². The van der Waals surface area contributed by atoms with Gasteiger partial charge in [0.15, 0.2) is 6.29 Å². The number of likely N-dealkylation sites (tertiary alicyclic amines) is 1. The molecule has 4 heteroatoms. The lowest BCUT2D eigenvalue weighted by Crippen LogP contribution is -2.40. The molecule has 0 amide bonds. The molecule has 1 rings (SSSR count). The zero-order valence-electron chi connectivity index (χ0n) is 12.3. The summed E-state index contributed by atoms with van der Waals surface area (Å²) in [7, 11) is 2.04. The van der Waals surface area contributed by atoms with Crippen molar-refractivity contribution in [3.8, 4) is 0 Å². The molecule has 0 aliphatic carbocycles. The molecule has 1 unspecified atom stereocenters. The van der Waals surface area contributed by atoms with Crippen molar-refractivity contribution in [2.24, 2.45) is 5.92 Å². The minimum atomic E-state index is -0.0234. The van der Waals surface area contributed by atoms with Gasteiger partial charge in [0.1, 0.15) is 0 Å². The van der Waals surface area contributed by atoms with E-state index in [4.69, 9.17) is 9.47 Å². The molecule has 1 aliphatic heterocycles. The van der Waals surface area contributed by atoms with E-state index in [1.807, 2.05) is 20.9 Å². The van der Waals surface area contributed by atoms with E-state index in [1.54, 1.807) is 0 Å². The monoisotopic (exact) mass is 258 g/mol. The Hall–Kier alpha value is -0.160. The van der Waals surface area contributed by atoms with E-state index in [-0.39, 0.29) is 6.29 Å². The fourth-order valence-electron chi connectivity index (χ4n) is 2.68. The topological polar surface area (TPSA) is 33.7 Å². The van der Waals surface area contributed by atoms with Crippen molar-refractivity contribution in [3.63, 3.8) is 0 Å². The fraction of sp³-hybridized carbons (Fsp3) is 1.00. The summed E-state index contributed by atoms with van der Waals surface area (Å²) in [5.41, 5.74) is 0. The maximum absolute atomic E-state index is 5.59. The second-order valence-electron chi connectivity index (χ2n) is 5.00. The van der Waals surface area contributed by atoms with Crippen LogP contribution >= 0.6 is 0 Å². The first-order chi connectivity index (χ1) is 8.80. The third kappa shape index (κ3) is 6.14. The maximum Gasteiger partial charge on any atom is 0.158 e. The molecule has 0 saturated carbocycles. The van der Waals surface area contributed by atoms with E-state index < -0.39 is 0 Å². The van der Waals surface area contributed by atoms with E-state index in [0.717, 1.165) is 38.6 Å². The van der Waals surface area contributed by atoms with Crippen LogP contribution in [0.2, 0.25) is 0 Å². The fourth-order valence-corrected chi connectivity index (χ4v) is 2.68. The number of nitrogens with zero attached hydrogens (tertiary/aromatic N) is 1. The molecule has 1 heterocycles. The number of hydrogen-bond acceptors (Lipinski definition) is 4. The normalized spacial score (nSPS) is 21.7. The van der Waals surface area contributed by atoms with Gasteiger partial charge in [0.2, 0.25) is 0 Å². The third-order valence-corrected chi connectivity index (χ3v) is 3.48. The second-order valence-corrected chi connectivity index (χ2v) is 5.00. The highest BCUT2D eigenvalue weighted by Crippen LogP contribution is 2.16. The van der Waals surface area contributed by atoms with Crippen molar-refractivity contribution in [3.05, 3.63) is 0 Å². The van der Waals surface area contributed by atoms with Crippen LogP contribution in [0, 0.1) is 5.92 Å². The average molecular weight is 258 g/mol. The van der Waals surface area contributed by atoms with E-state index in [9.17, 15) is 0 Å². The highest BCUT2D eigenvalue weighted by molar-refractivity contribution is 4.74. The summed E-state index contributed by atoms with van der Waals surface area (Å²) in [5, 5.41) is 3.29. The molecular weight excluding hydrogens is 228 g/mol. The number of hydrogen-bond donors (Lipinski definition) is 1. The van der Waals surface area contributed by atoms with Crippen LogP contribution in [0.5, 0.6) is 0 Å². The summed E-state index contributed by atoms with van der Waals surface area (Å²) in [5.74, 6) is 0.807.